The Labute approximate surface area is 105 Å². The number of ether oxygens (including phenoxy) is 1. The molecule has 0 fully saturated rings. The number of H-pyrrole nitrogens is 2. The van der Waals surface area contributed by atoms with Crippen LogP contribution in [0.1, 0.15) is 25.3 Å². The molecule has 0 aliphatic rings. The number of nitrogen functional groups attached to an aromatic ring is 1. The van der Waals surface area contributed by atoms with Gasteiger partial charge in [0, 0.05) is 5.56 Å². The fourth-order valence-electron chi connectivity index (χ4n) is 1.92. The van der Waals surface area contributed by atoms with Crippen LogP contribution in [0.5, 0.6) is 5.75 Å². The maximum absolute atomic E-state index is 11.8. The quantitative estimate of drug-likeness (QED) is 0.776. The van der Waals surface area contributed by atoms with Crippen molar-refractivity contribution in [2.75, 3.05) is 12.8 Å². The van der Waals surface area contributed by atoms with Crippen molar-refractivity contribution in [3.63, 3.8) is 0 Å². The summed E-state index contributed by atoms with van der Waals surface area (Å²) in [5, 5.41) is 5.09. The molecular formula is C13H17N3O2. The van der Waals surface area contributed by atoms with Gasteiger partial charge in [0.05, 0.1) is 12.7 Å². The first-order chi connectivity index (χ1) is 8.54. The third-order valence-electron chi connectivity index (χ3n) is 2.97. The van der Waals surface area contributed by atoms with E-state index in [1.54, 1.807) is 7.11 Å². The number of hydrogen-bond acceptors (Lipinski definition) is 3. The first kappa shape index (κ1) is 12.3. The lowest BCUT2D eigenvalue weighted by Gasteiger charge is -2.11. The normalized spacial score (nSPS) is 10.9. The molecule has 0 atom stereocenters. The van der Waals surface area contributed by atoms with Crippen LogP contribution in [-0.4, -0.2) is 17.3 Å². The minimum atomic E-state index is -0.244. The van der Waals surface area contributed by atoms with Crippen molar-refractivity contribution in [3.8, 4) is 16.9 Å². The van der Waals surface area contributed by atoms with Gasteiger partial charge in [-0.1, -0.05) is 19.9 Å². The van der Waals surface area contributed by atoms with Crippen molar-refractivity contribution in [2.24, 2.45) is 0 Å². The van der Waals surface area contributed by atoms with Crippen LogP contribution < -0.4 is 16.0 Å². The maximum Gasteiger partial charge on any atom is 0.274 e. The summed E-state index contributed by atoms with van der Waals surface area (Å²) >= 11 is 0. The molecule has 0 aliphatic carbocycles. The van der Waals surface area contributed by atoms with E-state index in [4.69, 9.17) is 10.5 Å². The van der Waals surface area contributed by atoms with E-state index in [9.17, 15) is 4.79 Å². The smallest absolute Gasteiger partial charge is 0.274 e. The van der Waals surface area contributed by atoms with Crippen LogP contribution in [0.4, 0.5) is 5.82 Å². The van der Waals surface area contributed by atoms with Gasteiger partial charge in [-0.2, -0.15) is 0 Å². The average Bonchev–Trinajstić information content (AvgIpc) is 2.68. The lowest BCUT2D eigenvalue weighted by atomic mass is 9.97. The molecular weight excluding hydrogens is 230 g/mol. The Hall–Kier alpha value is -2.17. The molecule has 0 aliphatic heterocycles. The molecule has 4 N–H and O–H groups in total. The summed E-state index contributed by atoms with van der Waals surface area (Å²) in [5.41, 5.74) is 7.80. The third kappa shape index (κ3) is 1.99. The summed E-state index contributed by atoms with van der Waals surface area (Å²) < 4.78 is 5.29. The molecule has 0 radical (unpaired) electrons. The highest BCUT2D eigenvalue weighted by Gasteiger charge is 2.16. The van der Waals surface area contributed by atoms with Gasteiger partial charge in [0.1, 0.15) is 11.6 Å². The van der Waals surface area contributed by atoms with Crippen molar-refractivity contribution < 1.29 is 4.74 Å². The van der Waals surface area contributed by atoms with Gasteiger partial charge in [0.15, 0.2) is 0 Å². The van der Waals surface area contributed by atoms with Gasteiger partial charge < -0.3 is 10.5 Å². The van der Waals surface area contributed by atoms with E-state index < -0.39 is 0 Å². The highest BCUT2D eigenvalue weighted by atomic mass is 16.5. The molecule has 5 heteroatoms. The van der Waals surface area contributed by atoms with Crippen LogP contribution in [0.3, 0.4) is 0 Å². The second-order valence-corrected chi connectivity index (χ2v) is 4.48. The van der Waals surface area contributed by atoms with Gasteiger partial charge in [0.2, 0.25) is 0 Å². The number of hydrogen-bond donors (Lipinski definition) is 3. The number of aromatic nitrogens is 2. The maximum atomic E-state index is 11.8. The average molecular weight is 247 g/mol. The van der Waals surface area contributed by atoms with E-state index in [0.29, 0.717) is 28.6 Å². The second kappa shape index (κ2) is 4.60. The van der Waals surface area contributed by atoms with E-state index in [2.05, 4.69) is 24.0 Å². The highest BCUT2D eigenvalue weighted by Crippen LogP contribution is 2.33. The Kier molecular flexibility index (Phi) is 3.14. The molecule has 5 nitrogen and oxygen atoms in total. The zero-order valence-electron chi connectivity index (χ0n) is 10.7. The molecule has 0 saturated heterocycles. The molecule has 0 amide bonds. The SMILES string of the molecule is COc1ccc(C(C)C)cc1-c1c(N)[nH][nH]c1=O. The van der Waals surface area contributed by atoms with Crippen molar-refractivity contribution in [1.82, 2.24) is 10.2 Å². The molecule has 1 aromatic heterocycles. The van der Waals surface area contributed by atoms with E-state index >= 15 is 0 Å². The predicted molar refractivity (Wildman–Crippen MR) is 71.9 cm³/mol. The van der Waals surface area contributed by atoms with Crippen molar-refractivity contribution in [2.45, 2.75) is 19.8 Å². The monoisotopic (exact) mass is 247 g/mol. The Morgan fingerprint density at radius 2 is 2.00 bits per heavy atom. The number of nitrogens with two attached hydrogens (primary N) is 1. The molecule has 1 heterocycles. The van der Waals surface area contributed by atoms with Crippen LogP contribution in [0.2, 0.25) is 0 Å². The van der Waals surface area contributed by atoms with E-state index in [1.807, 2.05) is 18.2 Å². The van der Waals surface area contributed by atoms with Crippen LogP contribution >= 0.6 is 0 Å². The predicted octanol–water partition coefficient (Wildman–Crippen LogP) is 2.08. The summed E-state index contributed by atoms with van der Waals surface area (Å²) in [5.74, 6) is 1.32. The fraction of sp³-hybridized carbons (Fsp3) is 0.308. The lowest BCUT2D eigenvalue weighted by molar-refractivity contribution is 0.416. The zero-order chi connectivity index (χ0) is 13.3. The summed E-state index contributed by atoms with van der Waals surface area (Å²) in [6.45, 7) is 4.19. The third-order valence-corrected chi connectivity index (χ3v) is 2.97. The summed E-state index contributed by atoms with van der Waals surface area (Å²) in [6.07, 6.45) is 0. The molecule has 1 aromatic carbocycles. The van der Waals surface area contributed by atoms with Gasteiger partial charge >= 0.3 is 0 Å². The number of anilines is 1. The Balaban J connectivity index is 2.68. The first-order valence-corrected chi connectivity index (χ1v) is 5.79. The lowest BCUT2D eigenvalue weighted by Crippen LogP contribution is -2.04. The van der Waals surface area contributed by atoms with Gasteiger partial charge in [-0.3, -0.25) is 15.0 Å². The number of rotatable bonds is 3. The van der Waals surface area contributed by atoms with Crippen LogP contribution in [0.25, 0.3) is 11.1 Å². The molecule has 18 heavy (non-hydrogen) atoms. The van der Waals surface area contributed by atoms with Crippen LogP contribution in [0, 0.1) is 0 Å². The van der Waals surface area contributed by atoms with Gasteiger partial charge in [-0.15, -0.1) is 0 Å². The van der Waals surface area contributed by atoms with Gasteiger partial charge in [-0.05, 0) is 23.6 Å². The second-order valence-electron chi connectivity index (χ2n) is 4.48. The number of methoxy groups -OCH3 is 1. The minimum absolute atomic E-state index is 0.244. The number of benzene rings is 1. The summed E-state index contributed by atoms with van der Waals surface area (Å²) in [6, 6.07) is 5.79. The minimum Gasteiger partial charge on any atom is -0.496 e. The molecule has 0 spiro atoms. The fourth-order valence-corrected chi connectivity index (χ4v) is 1.92. The standard InChI is InChI=1S/C13H17N3O2/c1-7(2)8-4-5-10(18-3)9(6-8)11-12(14)15-16-13(11)17/h4-7H,1-3H3,(H4,14,15,16,17). The molecule has 0 saturated carbocycles. The molecule has 2 aromatic rings. The number of aromatic amines is 2. The Morgan fingerprint density at radius 1 is 1.28 bits per heavy atom. The largest absolute Gasteiger partial charge is 0.496 e. The van der Waals surface area contributed by atoms with Crippen LogP contribution in [0.15, 0.2) is 23.0 Å². The Bertz CT molecular complexity index is 611. The molecule has 0 bridgehead atoms. The van der Waals surface area contributed by atoms with Gasteiger partial charge in [0.25, 0.3) is 5.56 Å². The van der Waals surface area contributed by atoms with Crippen molar-refractivity contribution >= 4 is 5.82 Å². The van der Waals surface area contributed by atoms with Crippen molar-refractivity contribution in [3.05, 3.63) is 34.1 Å². The van der Waals surface area contributed by atoms with Crippen LogP contribution in [-0.2, 0) is 0 Å². The van der Waals surface area contributed by atoms with E-state index in [1.165, 1.54) is 0 Å². The van der Waals surface area contributed by atoms with E-state index in [0.717, 1.165) is 5.56 Å². The summed E-state index contributed by atoms with van der Waals surface area (Å²) in [4.78, 5) is 11.8. The van der Waals surface area contributed by atoms with E-state index in [-0.39, 0.29) is 5.56 Å². The van der Waals surface area contributed by atoms with Crippen molar-refractivity contribution in [1.29, 1.82) is 0 Å². The molecule has 2 rings (SSSR count). The van der Waals surface area contributed by atoms with Gasteiger partial charge in [-0.25, -0.2) is 0 Å². The zero-order valence-corrected chi connectivity index (χ0v) is 10.7. The number of nitrogens with one attached hydrogen (secondary N) is 2. The molecule has 0 unspecified atom stereocenters. The summed E-state index contributed by atoms with van der Waals surface area (Å²) in [7, 11) is 1.57. The topological polar surface area (TPSA) is 83.9 Å². The molecule has 96 valence electrons. The Morgan fingerprint density at radius 3 is 2.50 bits per heavy atom. The highest BCUT2D eigenvalue weighted by molar-refractivity contribution is 5.78. The first-order valence-electron chi connectivity index (χ1n) is 5.79.